The van der Waals surface area contributed by atoms with Crippen LogP contribution in [-0.2, 0) is 0 Å². The molecule has 0 saturated carbocycles. The Morgan fingerprint density at radius 2 is 0.534 bits per heavy atom. The molecule has 0 fully saturated rings. The zero-order valence-corrected chi connectivity index (χ0v) is 40.0. The summed E-state index contributed by atoms with van der Waals surface area (Å²) in [5.41, 5.74) is 21.7. The maximum Gasteiger partial charge on any atom is 0.160 e. The van der Waals surface area contributed by atoms with Gasteiger partial charge in [0.1, 0.15) is 0 Å². The molecule has 342 valence electrons. The fraction of sp³-hybridized carbons (Fsp3) is 0. The van der Waals surface area contributed by atoms with Gasteiger partial charge in [0.05, 0.1) is 28.1 Å². The van der Waals surface area contributed by atoms with Crippen molar-refractivity contribution in [1.29, 1.82) is 0 Å². The quantitative estimate of drug-likeness (QED) is 0.137. The van der Waals surface area contributed by atoms with Crippen LogP contribution in [0.3, 0.4) is 0 Å². The summed E-state index contributed by atoms with van der Waals surface area (Å²) < 4.78 is 2.57. The van der Waals surface area contributed by atoms with Crippen LogP contribution in [0.4, 0.5) is 0 Å². The molecule has 0 N–H and O–H groups in total. The van der Waals surface area contributed by atoms with Crippen molar-refractivity contribution in [2.75, 3.05) is 0 Å². The number of fused-ring (bicyclic) bond motifs is 3. The van der Waals surface area contributed by atoms with Crippen LogP contribution in [0.25, 0.3) is 128 Å². The van der Waals surface area contributed by atoms with Crippen molar-refractivity contribution in [3.05, 3.63) is 285 Å². The Balaban J connectivity index is 1.11. The third-order valence-electron chi connectivity index (χ3n) is 14.0. The average Bonchev–Trinajstić information content (AvgIpc) is 3.83. The fourth-order valence-electron chi connectivity index (χ4n) is 10.5. The van der Waals surface area contributed by atoms with E-state index in [1.807, 2.05) is 0 Å². The highest BCUT2D eigenvalue weighted by Crippen LogP contribution is 2.48. The van der Waals surface area contributed by atoms with Gasteiger partial charge in [-0.2, -0.15) is 0 Å². The van der Waals surface area contributed by atoms with Crippen LogP contribution in [0.1, 0.15) is 0 Å². The SMILES string of the molecule is c1ccc(-c2ccc(-c3cc(-c4cc(-c5ccccc5)c(-n5c6c(-c7ccccc7)cccc6c6cccc(-c7ccccc7)c65)c(-c5ccccc5)c4)nc(-c4ccc(-c5ccccc5)cc4)n3)cc2)cc1. The molecular weight excluding hydrogens is 883 g/mol. The average molecular weight is 930 g/mol. The minimum absolute atomic E-state index is 0.660. The van der Waals surface area contributed by atoms with Gasteiger partial charge < -0.3 is 4.57 Å². The first-order chi connectivity index (χ1) is 36.2. The van der Waals surface area contributed by atoms with Gasteiger partial charge >= 0.3 is 0 Å². The predicted octanol–water partition coefficient (Wildman–Crippen LogP) is 18.6. The minimum Gasteiger partial charge on any atom is -0.307 e. The van der Waals surface area contributed by atoms with Gasteiger partial charge in [0, 0.05) is 49.7 Å². The summed E-state index contributed by atoms with van der Waals surface area (Å²) in [5.74, 6) is 0.660. The van der Waals surface area contributed by atoms with E-state index in [0.717, 1.165) is 100 Å². The zero-order valence-electron chi connectivity index (χ0n) is 40.0. The first-order valence-electron chi connectivity index (χ1n) is 24.9. The molecule has 0 amide bonds. The lowest BCUT2D eigenvalue weighted by Crippen LogP contribution is -2.04. The Morgan fingerprint density at radius 3 is 0.932 bits per heavy atom. The molecule has 0 aliphatic carbocycles. The number of hydrogen-bond donors (Lipinski definition) is 0. The van der Waals surface area contributed by atoms with Crippen LogP contribution in [-0.4, -0.2) is 14.5 Å². The molecule has 13 rings (SSSR count). The third-order valence-corrected chi connectivity index (χ3v) is 14.0. The largest absolute Gasteiger partial charge is 0.307 e. The summed E-state index contributed by atoms with van der Waals surface area (Å²) in [7, 11) is 0. The number of benzene rings is 11. The molecule has 0 atom stereocenters. The predicted molar refractivity (Wildman–Crippen MR) is 305 cm³/mol. The Morgan fingerprint density at radius 1 is 0.219 bits per heavy atom. The number of para-hydroxylation sites is 2. The summed E-state index contributed by atoms with van der Waals surface area (Å²) in [6.45, 7) is 0. The van der Waals surface area contributed by atoms with Gasteiger partial charge in [0.2, 0.25) is 0 Å². The Bertz CT molecular complexity index is 3800. The molecule has 0 spiro atoms. The Kier molecular flexibility index (Phi) is 11.2. The second-order valence-corrected chi connectivity index (χ2v) is 18.5. The van der Waals surface area contributed by atoms with Crippen LogP contribution in [0.15, 0.2) is 285 Å². The van der Waals surface area contributed by atoms with Crippen LogP contribution >= 0.6 is 0 Å². The molecule has 0 saturated heterocycles. The van der Waals surface area contributed by atoms with Crippen molar-refractivity contribution in [2.24, 2.45) is 0 Å². The van der Waals surface area contributed by atoms with Crippen molar-refractivity contribution >= 4 is 21.8 Å². The van der Waals surface area contributed by atoms with E-state index in [1.54, 1.807) is 0 Å². The second kappa shape index (κ2) is 18.9. The lowest BCUT2D eigenvalue weighted by molar-refractivity contribution is 1.17. The topological polar surface area (TPSA) is 30.7 Å². The lowest BCUT2D eigenvalue weighted by Gasteiger charge is -2.23. The number of hydrogen-bond acceptors (Lipinski definition) is 2. The lowest BCUT2D eigenvalue weighted by atomic mass is 9.91. The van der Waals surface area contributed by atoms with Gasteiger partial charge in [0.15, 0.2) is 5.82 Å². The summed E-state index contributed by atoms with van der Waals surface area (Å²) in [4.78, 5) is 10.9. The summed E-state index contributed by atoms with van der Waals surface area (Å²) in [5, 5.41) is 2.38. The molecule has 3 heteroatoms. The van der Waals surface area contributed by atoms with Crippen molar-refractivity contribution in [1.82, 2.24) is 14.5 Å². The van der Waals surface area contributed by atoms with E-state index in [4.69, 9.17) is 9.97 Å². The molecule has 0 aliphatic heterocycles. The van der Waals surface area contributed by atoms with E-state index >= 15 is 0 Å². The normalized spacial score (nSPS) is 11.3. The Hall–Kier alpha value is -9.70. The van der Waals surface area contributed by atoms with Gasteiger partial charge in [-0.05, 0) is 62.7 Å². The Labute approximate surface area is 425 Å². The van der Waals surface area contributed by atoms with Gasteiger partial charge in [-0.15, -0.1) is 0 Å². The monoisotopic (exact) mass is 929 g/mol. The van der Waals surface area contributed by atoms with Crippen molar-refractivity contribution in [3.63, 3.8) is 0 Å². The summed E-state index contributed by atoms with van der Waals surface area (Å²) >= 11 is 0. The first-order valence-corrected chi connectivity index (χ1v) is 24.9. The molecular formula is C70H47N3. The summed E-state index contributed by atoms with van der Waals surface area (Å²) in [6, 6.07) is 102. The van der Waals surface area contributed by atoms with Crippen molar-refractivity contribution in [3.8, 4) is 106 Å². The second-order valence-electron chi connectivity index (χ2n) is 18.5. The molecule has 11 aromatic carbocycles. The van der Waals surface area contributed by atoms with Crippen LogP contribution < -0.4 is 0 Å². The molecule has 0 radical (unpaired) electrons. The molecule has 0 bridgehead atoms. The van der Waals surface area contributed by atoms with Gasteiger partial charge in [0.25, 0.3) is 0 Å². The molecule has 73 heavy (non-hydrogen) atoms. The summed E-state index contributed by atoms with van der Waals surface area (Å²) in [6.07, 6.45) is 0. The maximum absolute atomic E-state index is 5.52. The molecule has 2 aromatic heterocycles. The van der Waals surface area contributed by atoms with Gasteiger partial charge in [-0.3, -0.25) is 0 Å². The molecule has 3 nitrogen and oxygen atoms in total. The standard InChI is InChI=1S/C70H47N3/c1-7-21-48(22-8-1)50-37-41-56(42-38-50)65-47-66(72-70(71-65)57-43-39-51(40-44-57)49-23-9-2-10-24-49)58-45-63(54-29-15-5-16-30-54)69(64(46-58)55-31-17-6-18-32-55)73-67-59(52-25-11-3-12-26-52)33-19-35-61(67)62-36-20-34-60(68(62)73)53-27-13-4-14-28-53/h1-47H. The van der Waals surface area contributed by atoms with Crippen LogP contribution in [0.2, 0.25) is 0 Å². The van der Waals surface area contributed by atoms with E-state index in [1.165, 1.54) is 21.9 Å². The molecule has 13 aromatic rings. The number of nitrogens with zero attached hydrogens (tertiary/aromatic N) is 3. The van der Waals surface area contributed by atoms with E-state index in [2.05, 4.69) is 290 Å². The van der Waals surface area contributed by atoms with E-state index in [-0.39, 0.29) is 0 Å². The van der Waals surface area contributed by atoms with Gasteiger partial charge in [-0.25, -0.2) is 9.97 Å². The molecule has 0 aliphatic rings. The highest BCUT2D eigenvalue weighted by Gasteiger charge is 2.26. The maximum atomic E-state index is 5.52. The minimum atomic E-state index is 0.660. The fourth-order valence-corrected chi connectivity index (χ4v) is 10.5. The van der Waals surface area contributed by atoms with E-state index in [9.17, 15) is 0 Å². The first kappa shape index (κ1) is 43.3. The highest BCUT2D eigenvalue weighted by molar-refractivity contribution is 6.18. The van der Waals surface area contributed by atoms with Gasteiger partial charge in [-0.1, -0.05) is 267 Å². The van der Waals surface area contributed by atoms with E-state index in [0.29, 0.717) is 5.82 Å². The van der Waals surface area contributed by atoms with E-state index < -0.39 is 0 Å². The third kappa shape index (κ3) is 8.19. The molecule has 2 heterocycles. The molecule has 0 unspecified atom stereocenters. The van der Waals surface area contributed by atoms with Crippen LogP contribution in [0, 0.1) is 0 Å². The highest BCUT2D eigenvalue weighted by atomic mass is 15.0. The zero-order chi connectivity index (χ0) is 48.5. The van der Waals surface area contributed by atoms with Crippen molar-refractivity contribution in [2.45, 2.75) is 0 Å². The van der Waals surface area contributed by atoms with Crippen LogP contribution in [0.5, 0.6) is 0 Å². The van der Waals surface area contributed by atoms with Crippen molar-refractivity contribution < 1.29 is 0 Å². The smallest absolute Gasteiger partial charge is 0.160 e. The number of aromatic nitrogens is 3. The number of rotatable bonds is 10.